The molecule has 0 spiro atoms. The zero-order valence-corrected chi connectivity index (χ0v) is 11.7. The largest absolute Gasteiger partial charge is 0.379 e. The average Bonchev–Trinajstić information content (AvgIpc) is 2.79. The number of hydrogen-bond acceptors (Lipinski definition) is 5. The molecule has 8 heteroatoms. The van der Waals surface area contributed by atoms with E-state index in [1.54, 1.807) is 0 Å². The van der Waals surface area contributed by atoms with E-state index < -0.39 is 25.8 Å². The van der Waals surface area contributed by atoms with Gasteiger partial charge in [-0.05, 0) is 25.3 Å². The van der Waals surface area contributed by atoms with Crippen LogP contribution in [0.3, 0.4) is 0 Å². The monoisotopic (exact) mass is 302 g/mol. The smallest absolute Gasteiger partial charge is 0.272 e. The van der Waals surface area contributed by atoms with Crippen LogP contribution in [-0.4, -0.2) is 30.9 Å². The molecule has 1 aromatic rings. The lowest BCUT2D eigenvalue weighted by Gasteiger charge is -2.20. The Morgan fingerprint density at radius 2 is 2.10 bits per heavy atom. The lowest BCUT2D eigenvalue weighted by Crippen LogP contribution is -2.34. The van der Waals surface area contributed by atoms with Gasteiger partial charge >= 0.3 is 0 Å². The second-order valence-electron chi connectivity index (χ2n) is 4.97. The zero-order chi connectivity index (χ0) is 14.9. The van der Waals surface area contributed by atoms with Crippen LogP contribution in [0.15, 0.2) is 18.2 Å². The minimum Gasteiger partial charge on any atom is -0.379 e. The lowest BCUT2D eigenvalue weighted by atomic mass is 10.2. The summed E-state index contributed by atoms with van der Waals surface area (Å²) in [5.41, 5.74) is -0.240. The third-order valence-corrected chi connectivity index (χ3v) is 5.17. The molecule has 2 rings (SSSR count). The summed E-state index contributed by atoms with van der Waals surface area (Å²) in [4.78, 5) is 9.85. The molecule has 2 atom stereocenters. The van der Waals surface area contributed by atoms with Crippen molar-refractivity contribution in [3.8, 4) is 0 Å². The van der Waals surface area contributed by atoms with E-state index in [1.165, 1.54) is 18.4 Å². The number of rotatable bonds is 4. The number of sulfone groups is 1. The number of benzene rings is 1. The summed E-state index contributed by atoms with van der Waals surface area (Å²) in [5.74, 6) is -0.752. The van der Waals surface area contributed by atoms with Crippen LogP contribution in [-0.2, 0) is 9.84 Å². The fourth-order valence-corrected chi connectivity index (χ4v) is 3.93. The molecule has 0 saturated heterocycles. The molecule has 6 nitrogen and oxygen atoms in total. The Morgan fingerprint density at radius 1 is 1.40 bits per heavy atom. The molecule has 1 fully saturated rings. The van der Waals surface area contributed by atoms with Crippen LogP contribution < -0.4 is 5.32 Å². The first-order chi connectivity index (χ1) is 9.29. The number of nitro benzene ring substituents is 1. The highest BCUT2D eigenvalue weighted by Gasteiger charge is 2.35. The maximum atomic E-state index is 13.8. The number of non-ortho nitro benzene ring substituents is 1. The van der Waals surface area contributed by atoms with Crippen molar-refractivity contribution in [1.82, 2.24) is 0 Å². The van der Waals surface area contributed by atoms with Gasteiger partial charge < -0.3 is 5.32 Å². The first-order valence-electron chi connectivity index (χ1n) is 6.18. The van der Waals surface area contributed by atoms with Crippen LogP contribution in [0.25, 0.3) is 0 Å². The van der Waals surface area contributed by atoms with Gasteiger partial charge in [0.25, 0.3) is 5.69 Å². The van der Waals surface area contributed by atoms with E-state index in [9.17, 15) is 22.9 Å². The van der Waals surface area contributed by atoms with Crippen LogP contribution in [0.4, 0.5) is 15.8 Å². The summed E-state index contributed by atoms with van der Waals surface area (Å²) in [6, 6.07) is 2.93. The Hall–Kier alpha value is -1.70. The third kappa shape index (κ3) is 3.06. The minimum atomic E-state index is -3.20. The maximum Gasteiger partial charge on any atom is 0.272 e. The van der Waals surface area contributed by atoms with Gasteiger partial charge in [0.15, 0.2) is 15.7 Å². The molecule has 0 bridgehead atoms. The minimum absolute atomic E-state index is 0.0937. The number of halogens is 1. The number of nitrogens with one attached hydrogen (secondary N) is 1. The Bertz CT molecular complexity index is 632. The van der Waals surface area contributed by atoms with Gasteiger partial charge in [0.2, 0.25) is 0 Å². The van der Waals surface area contributed by atoms with Gasteiger partial charge in [-0.2, -0.15) is 0 Å². The van der Waals surface area contributed by atoms with E-state index in [4.69, 9.17) is 0 Å². The second-order valence-corrected chi connectivity index (χ2v) is 7.24. The standard InChI is InChI=1S/C12H15FN2O4S/c1-20(18,19)12-4-2-3-11(12)14-10-6-5-8(15(16)17)7-9(10)13/h5-7,11-12,14H,2-4H2,1H3. The van der Waals surface area contributed by atoms with Crippen molar-refractivity contribution in [1.29, 1.82) is 0 Å². The molecule has 1 saturated carbocycles. The van der Waals surface area contributed by atoms with Crippen molar-refractivity contribution in [2.45, 2.75) is 30.6 Å². The molecular weight excluding hydrogens is 287 g/mol. The maximum absolute atomic E-state index is 13.8. The zero-order valence-electron chi connectivity index (χ0n) is 10.9. The van der Waals surface area contributed by atoms with E-state index in [-0.39, 0.29) is 17.4 Å². The van der Waals surface area contributed by atoms with Gasteiger partial charge in [-0.1, -0.05) is 0 Å². The summed E-state index contributed by atoms with van der Waals surface area (Å²) in [7, 11) is -3.20. The fraction of sp³-hybridized carbons (Fsp3) is 0.500. The van der Waals surface area contributed by atoms with Gasteiger partial charge in [-0.25, -0.2) is 12.8 Å². The van der Waals surface area contributed by atoms with E-state index in [2.05, 4.69) is 5.32 Å². The average molecular weight is 302 g/mol. The van der Waals surface area contributed by atoms with Crippen LogP contribution in [0.1, 0.15) is 19.3 Å². The lowest BCUT2D eigenvalue weighted by molar-refractivity contribution is -0.385. The van der Waals surface area contributed by atoms with Crippen LogP contribution in [0, 0.1) is 15.9 Å². The molecule has 0 aromatic heterocycles. The van der Waals surface area contributed by atoms with Gasteiger partial charge in [-0.15, -0.1) is 0 Å². The van der Waals surface area contributed by atoms with Crippen molar-refractivity contribution in [3.05, 3.63) is 34.1 Å². The van der Waals surface area contributed by atoms with Crippen LogP contribution in [0.2, 0.25) is 0 Å². The summed E-state index contributed by atoms with van der Waals surface area (Å²) in [6.45, 7) is 0. The molecule has 20 heavy (non-hydrogen) atoms. The Morgan fingerprint density at radius 3 is 2.65 bits per heavy atom. The number of nitro groups is 1. The summed E-state index contributed by atoms with van der Waals surface area (Å²) >= 11 is 0. The molecule has 0 amide bonds. The van der Waals surface area contributed by atoms with E-state index in [0.717, 1.165) is 12.5 Å². The Kier molecular flexibility index (Phi) is 3.94. The van der Waals surface area contributed by atoms with Crippen molar-refractivity contribution in [2.75, 3.05) is 11.6 Å². The Balaban J connectivity index is 2.20. The molecule has 1 aromatic carbocycles. The quantitative estimate of drug-likeness (QED) is 0.679. The van der Waals surface area contributed by atoms with E-state index >= 15 is 0 Å². The summed E-state index contributed by atoms with van der Waals surface area (Å²) in [5, 5.41) is 12.8. The Labute approximate surface area is 116 Å². The molecule has 0 aliphatic heterocycles. The van der Waals surface area contributed by atoms with E-state index in [0.29, 0.717) is 12.8 Å². The molecule has 0 heterocycles. The number of anilines is 1. The molecule has 1 N–H and O–H groups in total. The van der Waals surface area contributed by atoms with Gasteiger partial charge in [0.05, 0.1) is 21.9 Å². The second kappa shape index (κ2) is 5.35. The highest BCUT2D eigenvalue weighted by Crippen LogP contribution is 2.29. The van der Waals surface area contributed by atoms with Crippen molar-refractivity contribution in [2.24, 2.45) is 0 Å². The first kappa shape index (κ1) is 14.7. The van der Waals surface area contributed by atoms with Crippen molar-refractivity contribution < 1.29 is 17.7 Å². The molecule has 2 unspecified atom stereocenters. The first-order valence-corrected chi connectivity index (χ1v) is 8.14. The van der Waals surface area contributed by atoms with E-state index in [1.807, 2.05) is 0 Å². The van der Waals surface area contributed by atoms with Crippen LogP contribution in [0.5, 0.6) is 0 Å². The SMILES string of the molecule is CS(=O)(=O)C1CCCC1Nc1ccc([N+](=O)[O-])cc1F. The number of hydrogen-bond donors (Lipinski definition) is 1. The fourth-order valence-electron chi connectivity index (χ4n) is 2.54. The van der Waals surface area contributed by atoms with Gasteiger partial charge in [0.1, 0.15) is 0 Å². The number of nitrogens with zero attached hydrogens (tertiary/aromatic N) is 1. The predicted molar refractivity (Wildman–Crippen MR) is 72.9 cm³/mol. The third-order valence-electron chi connectivity index (χ3n) is 3.51. The molecule has 110 valence electrons. The van der Waals surface area contributed by atoms with Crippen molar-refractivity contribution >= 4 is 21.2 Å². The topological polar surface area (TPSA) is 89.3 Å². The molecule has 1 aliphatic rings. The highest BCUT2D eigenvalue weighted by molar-refractivity contribution is 7.91. The predicted octanol–water partition coefficient (Wildman–Crippen LogP) is 2.11. The van der Waals surface area contributed by atoms with Crippen LogP contribution >= 0.6 is 0 Å². The summed E-state index contributed by atoms with van der Waals surface area (Å²) < 4.78 is 37.0. The van der Waals surface area contributed by atoms with Crippen molar-refractivity contribution in [3.63, 3.8) is 0 Å². The molecule has 1 aliphatic carbocycles. The molecular formula is C12H15FN2O4S. The van der Waals surface area contributed by atoms with Gasteiger partial charge in [-0.3, -0.25) is 10.1 Å². The molecule has 0 radical (unpaired) electrons. The highest BCUT2D eigenvalue weighted by atomic mass is 32.2. The van der Waals surface area contributed by atoms with Gasteiger partial charge in [0, 0.05) is 18.4 Å². The summed E-state index contributed by atoms with van der Waals surface area (Å²) in [6.07, 6.45) is 3.10. The normalized spacial score (nSPS) is 22.7.